The first-order chi connectivity index (χ1) is 7.42. The summed E-state index contributed by atoms with van der Waals surface area (Å²) < 4.78 is 6.47. The Balaban J connectivity index is 1.73. The van der Waals surface area contributed by atoms with Crippen LogP contribution in [0.5, 0.6) is 0 Å². The molecule has 1 aromatic carbocycles. The molecule has 0 N–H and O–H groups in total. The fourth-order valence-electron chi connectivity index (χ4n) is 1.81. The average Bonchev–Trinajstić information content (AvgIpc) is 2.57. The number of aryl methyl sites for hydroxylation is 1. The standard InChI is InChI=1S/C12H13NOS/c1-2-4-11-10(3-1)13-12(15-11)6-5-9-7-14-8-9/h1-4,9H,5-8H2. The molecule has 1 fully saturated rings. The van der Waals surface area contributed by atoms with Crippen molar-refractivity contribution in [3.05, 3.63) is 29.3 Å². The van der Waals surface area contributed by atoms with Crippen molar-refractivity contribution in [2.45, 2.75) is 12.8 Å². The molecule has 0 radical (unpaired) electrons. The summed E-state index contributed by atoms with van der Waals surface area (Å²) in [5, 5.41) is 1.27. The number of para-hydroxylation sites is 1. The zero-order valence-electron chi connectivity index (χ0n) is 8.48. The van der Waals surface area contributed by atoms with E-state index in [1.165, 1.54) is 16.1 Å². The number of nitrogens with zero attached hydrogens (tertiary/aromatic N) is 1. The van der Waals surface area contributed by atoms with Crippen LogP contribution in [0.1, 0.15) is 11.4 Å². The van der Waals surface area contributed by atoms with Crippen molar-refractivity contribution in [2.24, 2.45) is 5.92 Å². The van der Waals surface area contributed by atoms with E-state index in [9.17, 15) is 0 Å². The maximum absolute atomic E-state index is 5.17. The third-order valence-corrected chi connectivity index (χ3v) is 3.91. The van der Waals surface area contributed by atoms with Gasteiger partial charge in [0.1, 0.15) is 0 Å². The predicted molar refractivity (Wildman–Crippen MR) is 62.3 cm³/mol. The van der Waals surface area contributed by atoms with E-state index in [-0.39, 0.29) is 0 Å². The molecular weight excluding hydrogens is 206 g/mol. The molecule has 0 atom stereocenters. The van der Waals surface area contributed by atoms with Crippen molar-refractivity contribution >= 4 is 21.6 Å². The largest absolute Gasteiger partial charge is 0.381 e. The first-order valence-corrected chi connectivity index (χ1v) is 6.15. The van der Waals surface area contributed by atoms with E-state index in [2.05, 4.69) is 23.2 Å². The minimum Gasteiger partial charge on any atom is -0.381 e. The van der Waals surface area contributed by atoms with Crippen LogP contribution < -0.4 is 0 Å². The molecule has 2 nitrogen and oxygen atoms in total. The van der Waals surface area contributed by atoms with E-state index in [1.807, 2.05) is 17.4 Å². The second-order valence-corrected chi connectivity index (χ2v) is 5.13. The van der Waals surface area contributed by atoms with Gasteiger partial charge >= 0.3 is 0 Å². The number of fused-ring (bicyclic) bond motifs is 1. The van der Waals surface area contributed by atoms with Gasteiger partial charge in [-0.15, -0.1) is 11.3 Å². The Bertz CT molecular complexity index is 428. The van der Waals surface area contributed by atoms with Crippen LogP contribution in [-0.2, 0) is 11.2 Å². The van der Waals surface area contributed by atoms with Crippen molar-refractivity contribution < 1.29 is 4.74 Å². The molecule has 0 bridgehead atoms. The van der Waals surface area contributed by atoms with Crippen LogP contribution in [0.15, 0.2) is 24.3 Å². The second-order valence-electron chi connectivity index (χ2n) is 4.02. The van der Waals surface area contributed by atoms with E-state index in [1.54, 1.807) is 0 Å². The van der Waals surface area contributed by atoms with Gasteiger partial charge in [-0.2, -0.15) is 0 Å². The number of hydrogen-bond acceptors (Lipinski definition) is 3. The first kappa shape index (κ1) is 9.31. The minimum atomic E-state index is 0.775. The van der Waals surface area contributed by atoms with Crippen molar-refractivity contribution in [3.8, 4) is 0 Å². The van der Waals surface area contributed by atoms with Crippen molar-refractivity contribution in [3.63, 3.8) is 0 Å². The molecule has 1 aliphatic heterocycles. The predicted octanol–water partition coefficient (Wildman–Crippen LogP) is 2.88. The van der Waals surface area contributed by atoms with Gasteiger partial charge in [0.25, 0.3) is 0 Å². The van der Waals surface area contributed by atoms with Gasteiger partial charge in [-0.3, -0.25) is 0 Å². The van der Waals surface area contributed by atoms with Crippen LogP contribution in [0.25, 0.3) is 10.2 Å². The molecule has 2 aromatic rings. The third kappa shape index (κ3) is 1.90. The Morgan fingerprint density at radius 3 is 2.93 bits per heavy atom. The quantitative estimate of drug-likeness (QED) is 0.792. The topological polar surface area (TPSA) is 22.1 Å². The zero-order chi connectivity index (χ0) is 10.1. The molecule has 3 rings (SSSR count). The lowest BCUT2D eigenvalue weighted by Crippen LogP contribution is -2.27. The molecule has 0 aliphatic carbocycles. The molecule has 0 unspecified atom stereocenters. The van der Waals surface area contributed by atoms with Crippen LogP contribution >= 0.6 is 11.3 Å². The van der Waals surface area contributed by atoms with E-state index >= 15 is 0 Å². The highest BCUT2D eigenvalue weighted by Crippen LogP contribution is 2.24. The van der Waals surface area contributed by atoms with Gasteiger partial charge in [-0.05, 0) is 25.0 Å². The summed E-state index contributed by atoms with van der Waals surface area (Å²) in [6.45, 7) is 1.90. The number of rotatable bonds is 3. The Hall–Kier alpha value is -0.930. The van der Waals surface area contributed by atoms with Crippen molar-refractivity contribution in [1.82, 2.24) is 4.98 Å². The fraction of sp³-hybridized carbons (Fsp3) is 0.417. The number of hydrogen-bond donors (Lipinski definition) is 0. The van der Waals surface area contributed by atoms with Gasteiger partial charge < -0.3 is 4.74 Å². The molecule has 0 saturated carbocycles. The highest BCUT2D eigenvalue weighted by atomic mass is 32.1. The Morgan fingerprint density at radius 1 is 1.33 bits per heavy atom. The molecule has 15 heavy (non-hydrogen) atoms. The molecule has 1 saturated heterocycles. The van der Waals surface area contributed by atoms with Crippen LogP contribution in [0, 0.1) is 5.92 Å². The van der Waals surface area contributed by atoms with Gasteiger partial charge in [0.2, 0.25) is 0 Å². The molecule has 0 spiro atoms. The zero-order valence-corrected chi connectivity index (χ0v) is 9.30. The van der Waals surface area contributed by atoms with Gasteiger partial charge in [0, 0.05) is 5.92 Å². The fourth-order valence-corrected chi connectivity index (χ4v) is 2.79. The Labute approximate surface area is 92.9 Å². The van der Waals surface area contributed by atoms with Gasteiger partial charge in [0.05, 0.1) is 28.4 Å². The summed E-state index contributed by atoms with van der Waals surface area (Å²) in [6.07, 6.45) is 2.33. The average molecular weight is 219 g/mol. The lowest BCUT2D eigenvalue weighted by molar-refractivity contribution is -0.0352. The summed E-state index contributed by atoms with van der Waals surface area (Å²) in [7, 11) is 0. The van der Waals surface area contributed by atoms with Crippen LogP contribution in [-0.4, -0.2) is 18.2 Å². The van der Waals surface area contributed by atoms with E-state index in [0.29, 0.717) is 0 Å². The highest BCUT2D eigenvalue weighted by molar-refractivity contribution is 7.18. The number of thiazole rings is 1. The first-order valence-electron chi connectivity index (χ1n) is 5.34. The lowest BCUT2D eigenvalue weighted by atomic mass is 10.0. The molecule has 1 aromatic heterocycles. The summed E-state index contributed by atoms with van der Waals surface area (Å²) in [4.78, 5) is 4.62. The van der Waals surface area contributed by atoms with E-state index in [0.717, 1.165) is 31.1 Å². The number of benzene rings is 1. The number of ether oxygens (including phenoxy) is 1. The highest BCUT2D eigenvalue weighted by Gasteiger charge is 2.18. The maximum atomic E-state index is 5.17. The molecule has 3 heteroatoms. The SMILES string of the molecule is c1ccc2sc(CCC3COC3)nc2c1. The molecule has 2 heterocycles. The van der Waals surface area contributed by atoms with Crippen molar-refractivity contribution in [1.29, 1.82) is 0 Å². The van der Waals surface area contributed by atoms with Crippen LogP contribution in [0.3, 0.4) is 0 Å². The van der Waals surface area contributed by atoms with Crippen LogP contribution in [0.2, 0.25) is 0 Å². The monoisotopic (exact) mass is 219 g/mol. The normalized spacial score (nSPS) is 16.8. The molecule has 78 valence electrons. The maximum Gasteiger partial charge on any atom is 0.0938 e. The number of aromatic nitrogens is 1. The summed E-state index contributed by atoms with van der Waals surface area (Å²) in [6, 6.07) is 8.35. The van der Waals surface area contributed by atoms with E-state index in [4.69, 9.17) is 4.74 Å². The van der Waals surface area contributed by atoms with Gasteiger partial charge in [0.15, 0.2) is 0 Å². The molecule has 0 amide bonds. The lowest BCUT2D eigenvalue weighted by Gasteiger charge is -2.25. The van der Waals surface area contributed by atoms with E-state index < -0.39 is 0 Å². The summed E-state index contributed by atoms with van der Waals surface area (Å²) in [5.74, 6) is 0.775. The Morgan fingerprint density at radius 2 is 2.20 bits per heavy atom. The molecule has 1 aliphatic rings. The summed E-state index contributed by atoms with van der Waals surface area (Å²) in [5.41, 5.74) is 1.14. The van der Waals surface area contributed by atoms with Gasteiger partial charge in [-0.25, -0.2) is 4.98 Å². The minimum absolute atomic E-state index is 0.775. The van der Waals surface area contributed by atoms with Crippen LogP contribution in [0.4, 0.5) is 0 Å². The van der Waals surface area contributed by atoms with Crippen molar-refractivity contribution in [2.75, 3.05) is 13.2 Å². The Kier molecular flexibility index (Phi) is 2.43. The van der Waals surface area contributed by atoms with Gasteiger partial charge in [-0.1, -0.05) is 12.1 Å². The second kappa shape index (κ2) is 3.91. The smallest absolute Gasteiger partial charge is 0.0938 e. The molecular formula is C12H13NOS. The summed E-state index contributed by atoms with van der Waals surface area (Å²) >= 11 is 1.82. The third-order valence-electron chi connectivity index (χ3n) is 2.81.